The molecule has 5 heteroatoms. The van der Waals surface area contributed by atoms with Crippen LogP contribution in [0.25, 0.3) is 0 Å². The molecule has 0 fully saturated rings. The fourth-order valence-electron chi connectivity index (χ4n) is 1.37. The zero-order chi connectivity index (χ0) is 12.7. The number of aliphatic imine (C=N–C) groups is 1. The minimum absolute atomic E-state index is 0.0199. The van der Waals surface area contributed by atoms with Crippen molar-refractivity contribution < 1.29 is 19.3 Å². The van der Waals surface area contributed by atoms with Crippen LogP contribution >= 0.6 is 0 Å². The molecular weight excluding hydrogens is 222 g/mol. The third-order valence-electron chi connectivity index (χ3n) is 2.20. The molecule has 17 heavy (non-hydrogen) atoms. The molecular formula is C12H17NO4. The van der Waals surface area contributed by atoms with Crippen LogP contribution in [-0.2, 0) is 0 Å². The highest BCUT2D eigenvalue weighted by Gasteiger charge is 2.09. The van der Waals surface area contributed by atoms with Gasteiger partial charge in [0.15, 0.2) is 11.5 Å². The third kappa shape index (κ3) is 3.35. The lowest BCUT2D eigenvalue weighted by molar-refractivity contribution is 0.307. The third-order valence-corrected chi connectivity index (χ3v) is 2.20. The van der Waals surface area contributed by atoms with Gasteiger partial charge in [-0.05, 0) is 6.07 Å². The van der Waals surface area contributed by atoms with Crippen molar-refractivity contribution >= 4 is 6.21 Å². The van der Waals surface area contributed by atoms with Gasteiger partial charge in [0.05, 0.1) is 34.5 Å². The molecule has 0 aromatic heterocycles. The summed E-state index contributed by atoms with van der Waals surface area (Å²) in [4.78, 5) is 4.05. The van der Waals surface area contributed by atoms with Gasteiger partial charge >= 0.3 is 0 Å². The van der Waals surface area contributed by atoms with Gasteiger partial charge in [0.2, 0.25) is 0 Å². The summed E-state index contributed by atoms with van der Waals surface area (Å²) in [5.41, 5.74) is 0.776. The number of hydrogen-bond donors (Lipinski definition) is 1. The van der Waals surface area contributed by atoms with Crippen molar-refractivity contribution in [3.63, 3.8) is 0 Å². The molecule has 0 unspecified atom stereocenters. The predicted octanol–water partition coefficient (Wildman–Crippen LogP) is 1.12. The van der Waals surface area contributed by atoms with Crippen molar-refractivity contribution in [3.05, 3.63) is 17.7 Å². The summed E-state index contributed by atoms with van der Waals surface area (Å²) in [7, 11) is 4.71. The second-order valence-electron chi connectivity index (χ2n) is 3.21. The summed E-state index contributed by atoms with van der Waals surface area (Å²) < 4.78 is 15.6. The van der Waals surface area contributed by atoms with Crippen molar-refractivity contribution in [2.75, 3.05) is 34.5 Å². The maximum atomic E-state index is 8.66. The first-order valence-corrected chi connectivity index (χ1v) is 5.17. The SMILES string of the molecule is COc1cc(OC)c(OC)cc1/C=N/CCO. The van der Waals surface area contributed by atoms with E-state index >= 15 is 0 Å². The van der Waals surface area contributed by atoms with Crippen LogP contribution in [0, 0.1) is 0 Å². The second-order valence-corrected chi connectivity index (χ2v) is 3.21. The maximum absolute atomic E-state index is 8.66. The lowest BCUT2D eigenvalue weighted by Gasteiger charge is -2.11. The first-order chi connectivity index (χ1) is 8.26. The van der Waals surface area contributed by atoms with E-state index in [0.29, 0.717) is 23.8 Å². The Hall–Kier alpha value is -1.75. The van der Waals surface area contributed by atoms with Crippen molar-refractivity contribution in [3.8, 4) is 17.2 Å². The van der Waals surface area contributed by atoms with Crippen LogP contribution in [0.4, 0.5) is 0 Å². The van der Waals surface area contributed by atoms with E-state index in [1.54, 1.807) is 39.7 Å². The van der Waals surface area contributed by atoms with Gasteiger partial charge in [0, 0.05) is 17.8 Å². The van der Waals surface area contributed by atoms with Crippen molar-refractivity contribution in [1.29, 1.82) is 0 Å². The highest BCUT2D eigenvalue weighted by Crippen LogP contribution is 2.33. The van der Waals surface area contributed by atoms with E-state index < -0.39 is 0 Å². The van der Waals surface area contributed by atoms with E-state index in [2.05, 4.69) is 4.99 Å². The van der Waals surface area contributed by atoms with Gasteiger partial charge in [-0.15, -0.1) is 0 Å². The number of methoxy groups -OCH3 is 3. The van der Waals surface area contributed by atoms with Crippen LogP contribution in [0.2, 0.25) is 0 Å². The Morgan fingerprint density at radius 3 is 2.18 bits per heavy atom. The summed E-state index contributed by atoms with van der Waals surface area (Å²) in [5.74, 6) is 1.85. The summed E-state index contributed by atoms with van der Waals surface area (Å²) in [6.07, 6.45) is 1.64. The Balaban J connectivity index is 3.09. The van der Waals surface area contributed by atoms with E-state index in [4.69, 9.17) is 19.3 Å². The Kier molecular flexibility index (Phi) is 5.29. The van der Waals surface area contributed by atoms with Crippen molar-refractivity contribution in [1.82, 2.24) is 0 Å². The molecule has 1 aromatic carbocycles. The lowest BCUT2D eigenvalue weighted by atomic mass is 10.2. The van der Waals surface area contributed by atoms with E-state index in [9.17, 15) is 0 Å². The van der Waals surface area contributed by atoms with Crippen LogP contribution in [0.3, 0.4) is 0 Å². The molecule has 0 bridgehead atoms. The Morgan fingerprint density at radius 2 is 1.65 bits per heavy atom. The van der Waals surface area contributed by atoms with Gasteiger partial charge in [-0.3, -0.25) is 4.99 Å². The zero-order valence-electron chi connectivity index (χ0n) is 10.3. The largest absolute Gasteiger partial charge is 0.496 e. The summed E-state index contributed by atoms with van der Waals surface area (Å²) in [6, 6.07) is 3.51. The summed E-state index contributed by atoms with van der Waals surface area (Å²) in [5, 5.41) is 8.66. The molecule has 0 atom stereocenters. The molecule has 94 valence electrons. The van der Waals surface area contributed by atoms with Gasteiger partial charge in [-0.2, -0.15) is 0 Å². The van der Waals surface area contributed by atoms with Gasteiger partial charge < -0.3 is 19.3 Å². The molecule has 0 aliphatic carbocycles. The fraction of sp³-hybridized carbons (Fsp3) is 0.417. The quantitative estimate of drug-likeness (QED) is 0.756. The molecule has 0 spiro atoms. The standard InChI is InChI=1S/C12H17NO4/c1-15-10-7-12(17-3)11(16-2)6-9(10)8-13-4-5-14/h6-8,14H,4-5H2,1-3H3/b13-8+. The predicted molar refractivity (Wildman–Crippen MR) is 65.6 cm³/mol. The molecule has 5 nitrogen and oxygen atoms in total. The molecule has 0 saturated heterocycles. The van der Waals surface area contributed by atoms with Gasteiger partial charge in [0.1, 0.15) is 5.75 Å². The second kappa shape index (κ2) is 6.75. The molecule has 0 aliphatic rings. The number of rotatable bonds is 6. The molecule has 0 amide bonds. The van der Waals surface area contributed by atoms with Crippen LogP contribution in [0.5, 0.6) is 17.2 Å². The average Bonchev–Trinajstić information content (AvgIpc) is 2.38. The van der Waals surface area contributed by atoms with E-state index in [-0.39, 0.29) is 6.61 Å². The van der Waals surface area contributed by atoms with Crippen LogP contribution < -0.4 is 14.2 Å². The van der Waals surface area contributed by atoms with Crippen LogP contribution in [-0.4, -0.2) is 45.8 Å². The smallest absolute Gasteiger partial charge is 0.164 e. The normalized spacial score (nSPS) is 10.6. The van der Waals surface area contributed by atoms with Crippen molar-refractivity contribution in [2.24, 2.45) is 4.99 Å². The van der Waals surface area contributed by atoms with Crippen molar-refractivity contribution in [2.45, 2.75) is 0 Å². The number of aliphatic hydroxyl groups is 1. The van der Waals surface area contributed by atoms with Crippen LogP contribution in [0.15, 0.2) is 17.1 Å². The Bertz CT molecular complexity index is 390. The first-order valence-electron chi connectivity index (χ1n) is 5.17. The molecule has 1 aromatic rings. The zero-order valence-corrected chi connectivity index (χ0v) is 10.3. The summed E-state index contributed by atoms with van der Waals surface area (Å²) in [6.45, 7) is 0.379. The first kappa shape index (κ1) is 13.3. The molecule has 1 rings (SSSR count). The van der Waals surface area contributed by atoms with Gasteiger partial charge in [0.25, 0.3) is 0 Å². The number of benzene rings is 1. The number of aliphatic hydroxyl groups excluding tert-OH is 1. The Labute approximate surface area is 101 Å². The maximum Gasteiger partial charge on any atom is 0.164 e. The average molecular weight is 239 g/mol. The van der Waals surface area contributed by atoms with Gasteiger partial charge in [-0.1, -0.05) is 0 Å². The number of nitrogens with zero attached hydrogens (tertiary/aromatic N) is 1. The summed E-state index contributed by atoms with van der Waals surface area (Å²) >= 11 is 0. The molecule has 0 heterocycles. The van der Waals surface area contributed by atoms with Gasteiger partial charge in [-0.25, -0.2) is 0 Å². The molecule has 1 N–H and O–H groups in total. The molecule has 0 aliphatic heterocycles. The lowest BCUT2D eigenvalue weighted by Crippen LogP contribution is -1.97. The minimum Gasteiger partial charge on any atom is -0.496 e. The minimum atomic E-state index is 0.0199. The monoisotopic (exact) mass is 239 g/mol. The highest BCUT2D eigenvalue weighted by molar-refractivity contribution is 5.85. The van der Waals surface area contributed by atoms with E-state index in [1.807, 2.05) is 0 Å². The van der Waals surface area contributed by atoms with E-state index in [1.165, 1.54) is 0 Å². The van der Waals surface area contributed by atoms with Crippen LogP contribution in [0.1, 0.15) is 5.56 Å². The molecule has 0 saturated carbocycles. The fourth-order valence-corrected chi connectivity index (χ4v) is 1.37. The highest BCUT2D eigenvalue weighted by atomic mass is 16.5. The number of ether oxygens (including phenoxy) is 3. The Morgan fingerprint density at radius 1 is 1.06 bits per heavy atom. The topological polar surface area (TPSA) is 60.3 Å². The number of hydrogen-bond acceptors (Lipinski definition) is 5. The van der Waals surface area contributed by atoms with E-state index in [0.717, 1.165) is 5.56 Å². The molecule has 0 radical (unpaired) electrons.